The van der Waals surface area contributed by atoms with Crippen LogP contribution in [0.5, 0.6) is 0 Å². The first-order chi connectivity index (χ1) is 8.11. The van der Waals surface area contributed by atoms with E-state index >= 15 is 0 Å². The van der Waals surface area contributed by atoms with Crippen LogP contribution in [-0.2, 0) is 7.05 Å². The minimum atomic E-state index is -0.318. The van der Waals surface area contributed by atoms with Gasteiger partial charge < -0.3 is 5.11 Å². The lowest BCUT2D eigenvalue weighted by molar-refractivity contribution is 0.0975. The minimum Gasteiger partial charge on any atom is -0.388 e. The molecule has 0 aliphatic heterocycles. The van der Waals surface area contributed by atoms with E-state index in [-0.39, 0.29) is 6.10 Å². The summed E-state index contributed by atoms with van der Waals surface area (Å²) in [5.74, 6) is 0.430. The van der Waals surface area contributed by atoms with E-state index in [9.17, 15) is 5.11 Å². The SMILES string of the molecule is Cc1nn(C)c(C)c1C(O)C1CCCCCC1. The van der Waals surface area contributed by atoms with E-state index in [4.69, 9.17) is 0 Å². The zero-order valence-electron chi connectivity index (χ0n) is 11.2. The van der Waals surface area contributed by atoms with Gasteiger partial charge in [-0.25, -0.2) is 0 Å². The van der Waals surface area contributed by atoms with Gasteiger partial charge in [-0.15, -0.1) is 0 Å². The van der Waals surface area contributed by atoms with Crippen molar-refractivity contribution < 1.29 is 5.11 Å². The first-order valence-corrected chi connectivity index (χ1v) is 6.79. The number of hydrogen-bond donors (Lipinski definition) is 1. The standard InChI is InChI=1S/C14H24N2O/c1-10-13(11(2)16(3)15-10)14(17)12-8-6-4-5-7-9-12/h12,14,17H,4-9H2,1-3H3. The molecule has 0 amide bonds. The van der Waals surface area contributed by atoms with Crippen molar-refractivity contribution in [1.82, 2.24) is 9.78 Å². The van der Waals surface area contributed by atoms with Gasteiger partial charge in [-0.3, -0.25) is 4.68 Å². The van der Waals surface area contributed by atoms with Crippen LogP contribution in [0.1, 0.15) is 61.6 Å². The van der Waals surface area contributed by atoms with E-state index in [1.54, 1.807) is 0 Å². The van der Waals surface area contributed by atoms with Crippen molar-refractivity contribution >= 4 is 0 Å². The van der Waals surface area contributed by atoms with Crippen LogP contribution in [0.25, 0.3) is 0 Å². The quantitative estimate of drug-likeness (QED) is 0.801. The van der Waals surface area contributed by atoms with Crippen molar-refractivity contribution in [1.29, 1.82) is 0 Å². The number of nitrogens with zero attached hydrogens (tertiary/aromatic N) is 2. The molecule has 96 valence electrons. The Labute approximate surface area is 104 Å². The highest BCUT2D eigenvalue weighted by atomic mass is 16.3. The Kier molecular flexibility index (Phi) is 3.87. The summed E-state index contributed by atoms with van der Waals surface area (Å²) in [6.07, 6.45) is 7.19. The third kappa shape index (κ3) is 2.54. The topological polar surface area (TPSA) is 38.0 Å². The molecule has 3 heteroatoms. The van der Waals surface area contributed by atoms with Gasteiger partial charge in [-0.1, -0.05) is 25.7 Å². The fourth-order valence-electron chi connectivity index (χ4n) is 3.08. The lowest BCUT2D eigenvalue weighted by Gasteiger charge is -2.21. The number of aromatic nitrogens is 2. The van der Waals surface area contributed by atoms with E-state index in [0.29, 0.717) is 5.92 Å². The van der Waals surface area contributed by atoms with E-state index in [2.05, 4.69) is 12.0 Å². The van der Waals surface area contributed by atoms with Crippen molar-refractivity contribution in [2.24, 2.45) is 13.0 Å². The van der Waals surface area contributed by atoms with Crippen LogP contribution in [0, 0.1) is 19.8 Å². The molecular weight excluding hydrogens is 212 g/mol. The second kappa shape index (κ2) is 5.21. The van der Waals surface area contributed by atoms with Crippen LogP contribution < -0.4 is 0 Å². The summed E-state index contributed by atoms with van der Waals surface area (Å²) in [6, 6.07) is 0. The highest BCUT2D eigenvalue weighted by molar-refractivity contribution is 5.27. The van der Waals surface area contributed by atoms with Crippen molar-refractivity contribution in [2.75, 3.05) is 0 Å². The van der Waals surface area contributed by atoms with E-state index in [0.717, 1.165) is 29.8 Å². The highest BCUT2D eigenvalue weighted by Gasteiger charge is 2.26. The van der Waals surface area contributed by atoms with Gasteiger partial charge in [-0.05, 0) is 32.6 Å². The Morgan fingerprint density at radius 1 is 1.18 bits per heavy atom. The lowest BCUT2D eigenvalue weighted by atomic mass is 9.88. The van der Waals surface area contributed by atoms with Crippen molar-refractivity contribution in [2.45, 2.75) is 58.5 Å². The first kappa shape index (κ1) is 12.6. The van der Waals surface area contributed by atoms with Gasteiger partial charge in [0, 0.05) is 18.3 Å². The largest absolute Gasteiger partial charge is 0.388 e. The molecule has 3 nitrogen and oxygen atoms in total. The summed E-state index contributed by atoms with van der Waals surface area (Å²) >= 11 is 0. The molecule has 1 saturated carbocycles. The molecule has 1 N–H and O–H groups in total. The van der Waals surface area contributed by atoms with Gasteiger partial charge in [0.2, 0.25) is 0 Å². The summed E-state index contributed by atoms with van der Waals surface area (Å²) in [5.41, 5.74) is 3.17. The van der Waals surface area contributed by atoms with E-state index in [1.807, 2.05) is 18.7 Å². The first-order valence-electron chi connectivity index (χ1n) is 6.79. The predicted octanol–water partition coefficient (Wildman–Crippen LogP) is 3.04. The van der Waals surface area contributed by atoms with Crippen LogP contribution in [0.15, 0.2) is 0 Å². The Bertz CT molecular complexity index is 376. The van der Waals surface area contributed by atoms with Crippen LogP contribution in [-0.4, -0.2) is 14.9 Å². The Morgan fingerprint density at radius 2 is 1.76 bits per heavy atom. The molecule has 0 aromatic carbocycles. The molecular formula is C14H24N2O. The smallest absolute Gasteiger partial charge is 0.0853 e. The maximum absolute atomic E-state index is 10.6. The Morgan fingerprint density at radius 3 is 2.24 bits per heavy atom. The zero-order chi connectivity index (χ0) is 12.4. The van der Waals surface area contributed by atoms with Gasteiger partial charge >= 0.3 is 0 Å². The van der Waals surface area contributed by atoms with Gasteiger partial charge in [-0.2, -0.15) is 5.10 Å². The minimum absolute atomic E-state index is 0.318. The number of aliphatic hydroxyl groups excluding tert-OH is 1. The summed E-state index contributed by atoms with van der Waals surface area (Å²) in [5, 5.41) is 15.0. The monoisotopic (exact) mass is 236 g/mol. The van der Waals surface area contributed by atoms with Gasteiger partial charge in [0.05, 0.1) is 11.8 Å². The second-order valence-electron chi connectivity index (χ2n) is 5.40. The molecule has 1 aromatic rings. The van der Waals surface area contributed by atoms with Crippen molar-refractivity contribution in [3.05, 3.63) is 17.0 Å². The number of aryl methyl sites for hydroxylation is 2. The maximum Gasteiger partial charge on any atom is 0.0853 e. The fraction of sp³-hybridized carbons (Fsp3) is 0.786. The molecule has 1 atom stereocenters. The molecule has 1 heterocycles. The van der Waals surface area contributed by atoms with E-state index in [1.165, 1.54) is 25.7 Å². The molecule has 0 radical (unpaired) electrons. The molecule has 1 aliphatic rings. The molecule has 1 aliphatic carbocycles. The maximum atomic E-state index is 10.6. The number of aliphatic hydroxyl groups is 1. The molecule has 0 bridgehead atoms. The molecule has 1 aromatic heterocycles. The third-order valence-corrected chi connectivity index (χ3v) is 4.21. The highest BCUT2D eigenvalue weighted by Crippen LogP contribution is 2.35. The van der Waals surface area contributed by atoms with Crippen LogP contribution in [0.3, 0.4) is 0 Å². The molecule has 2 rings (SSSR count). The average Bonchev–Trinajstić information content (AvgIpc) is 2.52. The third-order valence-electron chi connectivity index (χ3n) is 4.21. The van der Waals surface area contributed by atoms with Crippen LogP contribution >= 0.6 is 0 Å². The number of rotatable bonds is 2. The summed E-state index contributed by atoms with van der Waals surface area (Å²) in [7, 11) is 1.95. The van der Waals surface area contributed by atoms with Gasteiger partial charge in [0.25, 0.3) is 0 Å². The van der Waals surface area contributed by atoms with Crippen molar-refractivity contribution in [3.8, 4) is 0 Å². The summed E-state index contributed by atoms with van der Waals surface area (Å²) in [6.45, 7) is 4.05. The van der Waals surface area contributed by atoms with Crippen LogP contribution in [0.4, 0.5) is 0 Å². The normalized spacial score (nSPS) is 20.2. The second-order valence-corrected chi connectivity index (χ2v) is 5.40. The zero-order valence-corrected chi connectivity index (χ0v) is 11.2. The molecule has 1 unspecified atom stereocenters. The van der Waals surface area contributed by atoms with Crippen molar-refractivity contribution in [3.63, 3.8) is 0 Å². The Hall–Kier alpha value is -0.830. The molecule has 17 heavy (non-hydrogen) atoms. The number of hydrogen-bond acceptors (Lipinski definition) is 2. The molecule has 0 spiro atoms. The van der Waals surface area contributed by atoms with Crippen LogP contribution in [0.2, 0.25) is 0 Å². The summed E-state index contributed by atoms with van der Waals surface area (Å²) < 4.78 is 1.88. The lowest BCUT2D eigenvalue weighted by Crippen LogP contribution is -2.13. The van der Waals surface area contributed by atoms with E-state index < -0.39 is 0 Å². The molecule has 1 fully saturated rings. The predicted molar refractivity (Wildman–Crippen MR) is 68.8 cm³/mol. The summed E-state index contributed by atoms with van der Waals surface area (Å²) in [4.78, 5) is 0. The van der Waals surface area contributed by atoms with Gasteiger partial charge in [0.15, 0.2) is 0 Å². The van der Waals surface area contributed by atoms with Gasteiger partial charge in [0.1, 0.15) is 0 Å². The molecule has 0 saturated heterocycles. The average molecular weight is 236 g/mol. The fourth-order valence-corrected chi connectivity index (χ4v) is 3.08. The Balaban J connectivity index is 2.20.